The maximum absolute atomic E-state index is 11.7. The van der Waals surface area contributed by atoms with Gasteiger partial charge in [-0.05, 0) is 40.1 Å². The van der Waals surface area contributed by atoms with Gasteiger partial charge in [-0.25, -0.2) is 5.01 Å². The van der Waals surface area contributed by atoms with Crippen LogP contribution in [0.4, 0.5) is 0 Å². The third-order valence-corrected chi connectivity index (χ3v) is 6.17. The van der Waals surface area contributed by atoms with E-state index >= 15 is 0 Å². The molecule has 0 aliphatic carbocycles. The van der Waals surface area contributed by atoms with Crippen molar-refractivity contribution in [1.29, 1.82) is 0 Å². The molecular weight excluding hydrogens is 390 g/mol. The predicted octanol–water partition coefficient (Wildman–Crippen LogP) is 5.27. The lowest BCUT2D eigenvalue weighted by Gasteiger charge is -2.22. The van der Waals surface area contributed by atoms with E-state index in [9.17, 15) is 4.79 Å². The SMILES string of the molecule is O=C1CSC(N2N=C(c3ccc4ccccc4c3)CC2c2ccc(Cl)cc2)=N1. The molecule has 5 rings (SSSR count). The molecular formula is C22H16ClN3OS. The quantitative estimate of drug-likeness (QED) is 0.583. The number of hydrogen-bond donors (Lipinski definition) is 0. The van der Waals surface area contributed by atoms with Gasteiger partial charge in [-0.15, -0.1) is 0 Å². The molecule has 0 bridgehead atoms. The molecule has 0 spiro atoms. The second-order valence-electron chi connectivity index (χ2n) is 6.80. The lowest BCUT2D eigenvalue weighted by Crippen LogP contribution is -2.23. The van der Waals surface area contributed by atoms with Crippen LogP contribution in [0.5, 0.6) is 0 Å². The number of hydrogen-bond acceptors (Lipinski definition) is 4. The van der Waals surface area contributed by atoms with Crippen molar-refractivity contribution in [1.82, 2.24) is 5.01 Å². The molecule has 0 radical (unpaired) electrons. The Morgan fingerprint density at radius 2 is 1.79 bits per heavy atom. The summed E-state index contributed by atoms with van der Waals surface area (Å²) in [5.74, 6) is 0.268. The fourth-order valence-electron chi connectivity index (χ4n) is 3.59. The average molecular weight is 406 g/mol. The maximum Gasteiger partial charge on any atom is 0.258 e. The first-order chi connectivity index (χ1) is 13.7. The van der Waals surface area contributed by atoms with Crippen LogP contribution in [0.25, 0.3) is 10.8 Å². The Bertz CT molecular complexity index is 1140. The number of amidine groups is 1. The Morgan fingerprint density at radius 1 is 1.00 bits per heavy atom. The van der Waals surface area contributed by atoms with Crippen molar-refractivity contribution >= 4 is 50.9 Å². The van der Waals surface area contributed by atoms with Crippen LogP contribution in [-0.4, -0.2) is 27.5 Å². The summed E-state index contributed by atoms with van der Waals surface area (Å²) in [6.07, 6.45) is 0.744. The molecule has 2 heterocycles. The van der Waals surface area contributed by atoms with Crippen LogP contribution in [0.1, 0.15) is 23.6 Å². The third kappa shape index (κ3) is 3.21. The lowest BCUT2D eigenvalue weighted by molar-refractivity contribution is -0.115. The number of carbonyl (C=O) groups excluding carboxylic acids is 1. The van der Waals surface area contributed by atoms with Crippen LogP contribution < -0.4 is 0 Å². The number of halogens is 1. The van der Waals surface area contributed by atoms with Gasteiger partial charge in [0.2, 0.25) is 0 Å². The summed E-state index contributed by atoms with van der Waals surface area (Å²) in [5, 5.41) is 10.5. The molecule has 1 amide bonds. The van der Waals surface area contributed by atoms with Gasteiger partial charge in [0, 0.05) is 11.4 Å². The van der Waals surface area contributed by atoms with E-state index in [0.29, 0.717) is 15.9 Å². The Labute approximate surface area is 171 Å². The van der Waals surface area contributed by atoms with Crippen LogP contribution in [-0.2, 0) is 4.79 Å². The summed E-state index contributed by atoms with van der Waals surface area (Å²) in [6, 6.07) is 22.5. The normalized spacial score (nSPS) is 19.2. The molecule has 0 aromatic heterocycles. The molecule has 1 atom stereocenters. The van der Waals surface area contributed by atoms with E-state index in [1.165, 1.54) is 22.5 Å². The van der Waals surface area contributed by atoms with Gasteiger partial charge in [0.25, 0.3) is 5.91 Å². The fraction of sp³-hybridized carbons (Fsp3) is 0.136. The first kappa shape index (κ1) is 17.5. The van der Waals surface area contributed by atoms with Crippen molar-refractivity contribution in [3.63, 3.8) is 0 Å². The zero-order valence-corrected chi connectivity index (χ0v) is 16.5. The van der Waals surface area contributed by atoms with Crippen molar-refractivity contribution in [3.8, 4) is 0 Å². The van der Waals surface area contributed by atoms with E-state index in [2.05, 4.69) is 35.3 Å². The highest BCUT2D eigenvalue weighted by Gasteiger charge is 2.34. The molecule has 0 N–H and O–H groups in total. The zero-order valence-electron chi connectivity index (χ0n) is 14.9. The van der Waals surface area contributed by atoms with Gasteiger partial charge in [-0.3, -0.25) is 4.79 Å². The maximum atomic E-state index is 11.7. The van der Waals surface area contributed by atoms with Crippen LogP contribution in [0, 0.1) is 0 Å². The molecule has 0 saturated heterocycles. The van der Waals surface area contributed by atoms with E-state index in [1.807, 2.05) is 41.4 Å². The molecule has 2 aliphatic rings. The van der Waals surface area contributed by atoms with Crippen LogP contribution >= 0.6 is 23.4 Å². The largest absolute Gasteiger partial charge is 0.272 e. The van der Waals surface area contributed by atoms with Crippen molar-refractivity contribution < 1.29 is 4.79 Å². The van der Waals surface area contributed by atoms with Gasteiger partial charge >= 0.3 is 0 Å². The van der Waals surface area contributed by atoms with E-state index in [1.54, 1.807) is 0 Å². The monoisotopic (exact) mass is 405 g/mol. The zero-order chi connectivity index (χ0) is 19.1. The molecule has 2 aliphatic heterocycles. The topological polar surface area (TPSA) is 45.0 Å². The van der Waals surface area contributed by atoms with Gasteiger partial charge in [-0.1, -0.05) is 71.9 Å². The highest BCUT2D eigenvalue weighted by Crippen LogP contribution is 2.37. The molecule has 4 nitrogen and oxygen atoms in total. The highest BCUT2D eigenvalue weighted by molar-refractivity contribution is 8.14. The summed E-state index contributed by atoms with van der Waals surface area (Å²) in [7, 11) is 0. The van der Waals surface area contributed by atoms with Gasteiger partial charge in [0.1, 0.15) is 0 Å². The Hall–Kier alpha value is -2.63. The van der Waals surface area contributed by atoms with E-state index in [-0.39, 0.29) is 11.9 Å². The second kappa shape index (κ2) is 7.08. The molecule has 3 aromatic rings. The number of rotatable bonds is 2. The first-order valence-corrected chi connectivity index (χ1v) is 10.4. The third-order valence-electron chi connectivity index (χ3n) is 4.99. The Kier molecular flexibility index (Phi) is 4.41. The molecule has 0 fully saturated rings. The van der Waals surface area contributed by atoms with Gasteiger partial charge in [0.15, 0.2) is 5.17 Å². The van der Waals surface area contributed by atoms with E-state index in [4.69, 9.17) is 16.7 Å². The molecule has 138 valence electrons. The molecule has 1 unspecified atom stereocenters. The van der Waals surface area contributed by atoms with Crippen LogP contribution in [0.15, 0.2) is 76.8 Å². The van der Waals surface area contributed by atoms with E-state index < -0.39 is 0 Å². The summed E-state index contributed by atoms with van der Waals surface area (Å²) >= 11 is 7.51. The van der Waals surface area contributed by atoms with Crippen LogP contribution in [0.3, 0.4) is 0 Å². The summed E-state index contributed by atoms with van der Waals surface area (Å²) in [5.41, 5.74) is 3.19. The van der Waals surface area contributed by atoms with Crippen molar-refractivity contribution in [2.24, 2.45) is 10.1 Å². The minimum Gasteiger partial charge on any atom is -0.272 e. The van der Waals surface area contributed by atoms with Gasteiger partial charge in [0.05, 0.1) is 17.5 Å². The van der Waals surface area contributed by atoms with Crippen molar-refractivity contribution in [3.05, 3.63) is 82.9 Å². The number of thioether (sulfide) groups is 1. The summed E-state index contributed by atoms with van der Waals surface area (Å²) in [4.78, 5) is 15.9. The van der Waals surface area contributed by atoms with Gasteiger partial charge in [-0.2, -0.15) is 10.1 Å². The summed E-state index contributed by atoms with van der Waals surface area (Å²) in [6.45, 7) is 0. The lowest BCUT2D eigenvalue weighted by atomic mass is 9.97. The number of hydrazone groups is 1. The van der Waals surface area contributed by atoms with Gasteiger partial charge < -0.3 is 0 Å². The number of fused-ring (bicyclic) bond motifs is 1. The molecule has 6 heteroatoms. The van der Waals surface area contributed by atoms with E-state index in [0.717, 1.165) is 23.3 Å². The second-order valence-corrected chi connectivity index (χ2v) is 8.18. The minimum atomic E-state index is -0.107. The standard InChI is InChI=1S/C22H16ClN3OS/c23-18-9-7-15(8-10-18)20-12-19(25-26(20)22-24-21(27)13-28-22)17-6-5-14-3-1-2-4-16(14)11-17/h1-11,20H,12-13H2. The minimum absolute atomic E-state index is 0.00381. The number of carbonyl (C=O) groups is 1. The number of benzene rings is 3. The Morgan fingerprint density at radius 3 is 2.54 bits per heavy atom. The number of nitrogens with zero attached hydrogens (tertiary/aromatic N) is 3. The molecule has 0 saturated carbocycles. The Balaban J connectivity index is 1.55. The number of aliphatic imine (C=N–C) groups is 1. The van der Waals surface area contributed by atoms with Crippen molar-refractivity contribution in [2.75, 3.05) is 5.75 Å². The molecule has 28 heavy (non-hydrogen) atoms. The molecule has 3 aromatic carbocycles. The fourth-order valence-corrected chi connectivity index (χ4v) is 4.50. The van der Waals surface area contributed by atoms with Crippen LogP contribution in [0.2, 0.25) is 5.02 Å². The number of amides is 1. The average Bonchev–Trinajstić information content (AvgIpc) is 3.35. The smallest absolute Gasteiger partial charge is 0.258 e. The summed E-state index contributed by atoms with van der Waals surface area (Å²) < 4.78 is 0. The van der Waals surface area contributed by atoms with Crippen molar-refractivity contribution in [2.45, 2.75) is 12.5 Å². The first-order valence-electron chi connectivity index (χ1n) is 9.03. The highest BCUT2D eigenvalue weighted by atomic mass is 35.5. The predicted molar refractivity (Wildman–Crippen MR) is 116 cm³/mol.